The Morgan fingerprint density at radius 1 is 1.26 bits per heavy atom. The number of guanidine groups is 1. The molecule has 0 bridgehead atoms. The van der Waals surface area contributed by atoms with Gasteiger partial charge >= 0.3 is 12.2 Å². The predicted octanol–water partition coefficient (Wildman–Crippen LogP) is 3.38. The van der Waals surface area contributed by atoms with Gasteiger partial charge in [-0.15, -0.1) is 4.99 Å². The molecule has 172 valence electrons. The van der Waals surface area contributed by atoms with Crippen LogP contribution in [0, 0.1) is 0 Å². The number of benzene rings is 1. The van der Waals surface area contributed by atoms with Crippen molar-refractivity contribution in [1.29, 1.82) is 0 Å². The number of nitrogens with two attached hydrogens (primary N) is 1. The smallest absolute Gasteiger partial charge is 0.437 e. The standard InChI is InChI=1S/C22H34N4O5/c1-5-22(3,4)31-21(28)24-17-13-10-14-26(18(17)29-6-2)19(23)25-20(27)30-15-16-11-8-7-9-12-16/h7-9,11-12,17-18H,5-6,10,13-15H2,1-4H3,(H,24,28)(H2,23,25,27). The Morgan fingerprint density at radius 3 is 2.61 bits per heavy atom. The van der Waals surface area contributed by atoms with E-state index in [4.69, 9.17) is 19.9 Å². The first-order valence-corrected chi connectivity index (χ1v) is 10.7. The van der Waals surface area contributed by atoms with Gasteiger partial charge in [0.25, 0.3) is 0 Å². The minimum Gasteiger partial charge on any atom is -0.444 e. The van der Waals surface area contributed by atoms with Gasteiger partial charge in [-0.2, -0.15) is 0 Å². The maximum atomic E-state index is 12.4. The van der Waals surface area contributed by atoms with Gasteiger partial charge in [0.05, 0.1) is 6.04 Å². The monoisotopic (exact) mass is 434 g/mol. The van der Waals surface area contributed by atoms with Gasteiger partial charge in [-0.25, -0.2) is 9.59 Å². The Labute approximate surface area is 183 Å². The van der Waals surface area contributed by atoms with Crippen LogP contribution in [0.15, 0.2) is 35.3 Å². The number of nitrogens with one attached hydrogen (secondary N) is 1. The molecule has 1 aliphatic rings. The number of nitrogens with zero attached hydrogens (tertiary/aromatic N) is 2. The number of carbonyl (C=O) groups is 2. The molecule has 2 unspecified atom stereocenters. The van der Waals surface area contributed by atoms with E-state index < -0.39 is 24.0 Å². The Kier molecular flexibility index (Phi) is 9.11. The van der Waals surface area contributed by atoms with Crippen LogP contribution in [0.1, 0.15) is 52.5 Å². The summed E-state index contributed by atoms with van der Waals surface area (Å²) in [6.07, 6.45) is 0.255. The summed E-state index contributed by atoms with van der Waals surface area (Å²) in [5, 5.41) is 2.87. The van der Waals surface area contributed by atoms with Gasteiger partial charge in [-0.3, -0.25) is 0 Å². The number of aliphatic imine (C=N–C) groups is 1. The van der Waals surface area contributed by atoms with Crippen molar-refractivity contribution in [2.45, 2.75) is 71.4 Å². The maximum Gasteiger partial charge on any atom is 0.437 e. The lowest BCUT2D eigenvalue weighted by molar-refractivity contribution is -0.0643. The van der Waals surface area contributed by atoms with Crippen molar-refractivity contribution in [3.05, 3.63) is 35.9 Å². The predicted molar refractivity (Wildman–Crippen MR) is 117 cm³/mol. The van der Waals surface area contributed by atoms with Crippen LogP contribution >= 0.6 is 0 Å². The van der Waals surface area contributed by atoms with E-state index in [1.165, 1.54) is 0 Å². The maximum absolute atomic E-state index is 12.4. The molecule has 1 aliphatic heterocycles. The van der Waals surface area contributed by atoms with E-state index in [9.17, 15) is 9.59 Å². The molecule has 31 heavy (non-hydrogen) atoms. The number of piperidine rings is 1. The highest BCUT2D eigenvalue weighted by atomic mass is 16.6. The van der Waals surface area contributed by atoms with E-state index in [-0.39, 0.29) is 18.6 Å². The summed E-state index contributed by atoms with van der Waals surface area (Å²) < 4.78 is 16.5. The van der Waals surface area contributed by atoms with Gasteiger partial charge in [0.15, 0.2) is 6.23 Å². The Balaban J connectivity index is 2.02. The summed E-state index contributed by atoms with van der Waals surface area (Å²) >= 11 is 0. The van der Waals surface area contributed by atoms with E-state index in [1.54, 1.807) is 4.90 Å². The lowest BCUT2D eigenvalue weighted by atomic mass is 10.0. The number of rotatable bonds is 7. The van der Waals surface area contributed by atoms with E-state index in [1.807, 2.05) is 58.0 Å². The molecule has 1 aromatic carbocycles. The lowest BCUT2D eigenvalue weighted by Crippen LogP contribution is -2.60. The van der Waals surface area contributed by atoms with E-state index >= 15 is 0 Å². The fourth-order valence-corrected chi connectivity index (χ4v) is 3.15. The van der Waals surface area contributed by atoms with Crippen molar-refractivity contribution in [3.63, 3.8) is 0 Å². The highest BCUT2D eigenvalue weighted by molar-refractivity contribution is 5.89. The third-order valence-corrected chi connectivity index (χ3v) is 5.13. The van der Waals surface area contributed by atoms with E-state index in [0.717, 1.165) is 12.0 Å². The summed E-state index contributed by atoms with van der Waals surface area (Å²) in [6, 6.07) is 8.95. The molecule has 1 fully saturated rings. The fourth-order valence-electron chi connectivity index (χ4n) is 3.15. The van der Waals surface area contributed by atoms with Crippen LogP contribution in [0.4, 0.5) is 9.59 Å². The summed E-state index contributed by atoms with van der Waals surface area (Å²) in [6.45, 7) is 8.56. The first-order valence-electron chi connectivity index (χ1n) is 10.7. The van der Waals surface area contributed by atoms with Crippen molar-refractivity contribution in [2.75, 3.05) is 13.2 Å². The quantitative estimate of drug-likeness (QED) is 0.499. The number of alkyl carbamates (subject to hydrolysis) is 1. The van der Waals surface area contributed by atoms with Crippen molar-refractivity contribution in [3.8, 4) is 0 Å². The molecule has 0 saturated carbocycles. The minimum atomic E-state index is -0.782. The number of hydrogen-bond donors (Lipinski definition) is 2. The zero-order chi connectivity index (χ0) is 22.9. The molecule has 0 aliphatic carbocycles. The second kappa shape index (κ2) is 11.5. The molecule has 9 heteroatoms. The molecule has 9 nitrogen and oxygen atoms in total. The normalized spacial score (nSPS) is 19.6. The van der Waals surface area contributed by atoms with Gasteiger partial charge in [-0.1, -0.05) is 37.3 Å². The topological polar surface area (TPSA) is 115 Å². The molecule has 1 aromatic rings. The SMILES string of the molecule is CCOC1C(NC(=O)OC(C)(C)CC)CCCN1/C(N)=N/C(=O)OCc1ccccc1. The lowest BCUT2D eigenvalue weighted by Gasteiger charge is -2.41. The van der Waals surface area contributed by atoms with Crippen molar-refractivity contribution < 1.29 is 23.8 Å². The fraction of sp³-hybridized carbons (Fsp3) is 0.591. The Bertz CT molecular complexity index is 754. The molecule has 2 rings (SSSR count). The molecule has 0 aromatic heterocycles. The van der Waals surface area contributed by atoms with Crippen LogP contribution in [0.3, 0.4) is 0 Å². The summed E-state index contributed by atoms with van der Waals surface area (Å²) in [4.78, 5) is 30.0. The second-order valence-electron chi connectivity index (χ2n) is 7.95. The molecule has 0 radical (unpaired) electrons. The van der Waals surface area contributed by atoms with Crippen molar-refractivity contribution >= 4 is 18.1 Å². The summed E-state index contributed by atoms with van der Waals surface area (Å²) in [5.41, 5.74) is 6.39. The molecule has 0 spiro atoms. The van der Waals surface area contributed by atoms with Gasteiger partial charge < -0.3 is 30.2 Å². The highest BCUT2D eigenvalue weighted by Gasteiger charge is 2.35. The van der Waals surface area contributed by atoms with Gasteiger partial charge in [-0.05, 0) is 45.6 Å². The first kappa shape index (κ1) is 24.5. The number of hydrogen-bond acceptors (Lipinski definition) is 5. The van der Waals surface area contributed by atoms with E-state index in [0.29, 0.717) is 26.0 Å². The minimum absolute atomic E-state index is 0.00901. The average molecular weight is 435 g/mol. The highest BCUT2D eigenvalue weighted by Crippen LogP contribution is 2.20. The van der Waals surface area contributed by atoms with Gasteiger partial charge in [0, 0.05) is 13.2 Å². The Hall–Kier alpha value is -2.81. The average Bonchev–Trinajstić information content (AvgIpc) is 2.74. The van der Waals surface area contributed by atoms with Gasteiger partial charge in [0.2, 0.25) is 5.96 Å². The van der Waals surface area contributed by atoms with E-state index in [2.05, 4.69) is 10.3 Å². The number of ether oxygens (including phenoxy) is 3. The summed E-state index contributed by atoms with van der Waals surface area (Å²) in [5.74, 6) is -0.00901. The third kappa shape index (κ3) is 7.75. The molecular weight excluding hydrogens is 400 g/mol. The number of carbonyl (C=O) groups excluding carboxylic acids is 2. The largest absolute Gasteiger partial charge is 0.444 e. The van der Waals surface area contributed by atoms with Crippen LogP contribution in [0.5, 0.6) is 0 Å². The van der Waals surface area contributed by atoms with Gasteiger partial charge in [0.1, 0.15) is 12.2 Å². The molecular formula is C22H34N4O5. The van der Waals surface area contributed by atoms with Crippen LogP contribution in [0.2, 0.25) is 0 Å². The molecule has 3 N–H and O–H groups in total. The molecule has 1 saturated heterocycles. The first-order chi connectivity index (χ1) is 14.8. The second-order valence-corrected chi connectivity index (χ2v) is 7.95. The zero-order valence-electron chi connectivity index (χ0n) is 18.8. The van der Waals surface area contributed by atoms with Crippen LogP contribution in [0.25, 0.3) is 0 Å². The number of amides is 2. The van der Waals surface area contributed by atoms with Crippen LogP contribution in [-0.4, -0.2) is 54.1 Å². The Morgan fingerprint density at radius 2 is 1.97 bits per heavy atom. The van der Waals surface area contributed by atoms with Crippen LogP contribution in [-0.2, 0) is 20.8 Å². The molecule has 2 amide bonds. The zero-order valence-corrected chi connectivity index (χ0v) is 18.8. The van der Waals surface area contributed by atoms with Crippen molar-refractivity contribution in [2.24, 2.45) is 10.7 Å². The summed E-state index contributed by atoms with van der Waals surface area (Å²) in [7, 11) is 0. The van der Waals surface area contributed by atoms with Crippen molar-refractivity contribution in [1.82, 2.24) is 10.2 Å². The number of likely N-dealkylation sites (tertiary alicyclic amines) is 1. The van der Waals surface area contributed by atoms with Crippen LogP contribution < -0.4 is 11.1 Å². The molecule has 1 heterocycles. The molecule has 2 atom stereocenters. The third-order valence-electron chi connectivity index (χ3n) is 5.13.